The number of ketones is 1. The van der Waals surface area contributed by atoms with E-state index in [9.17, 15) is 10.1 Å². The molecule has 1 aliphatic heterocycles. The Bertz CT molecular complexity index is 1090. The van der Waals surface area contributed by atoms with Crippen molar-refractivity contribution in [2.45, 2.75) is 38.5 Å². The summed E-state index contributed by atoms with van der Waals surface area (Å²) in [5, 5.41) is 10.9. The van der Waals surface area contributed by atoms with E-state index in [0.717, 1.165) is 23.4 Å². The van der Waals surface area contributed by atoms with Crippen molar-refractivity contribution in [1.29, 1.82) is 5.26 Å². The zero-order valence-corrected chi connectivity index (χ0v) is 18.2. The Morgan fingerprint density at radius 2 is 1.97 bits per heavy atom. The van der Waals surface area contributed by atoms with Gasteiger partial charge in [-0.05, 0) is 49.6 Å². The van der Waals surface area contributed by atoms with E-state index in [1.165, 1.54) is 4.88 Å². The quantitative estimate of drug-likeness (QED) is 0.638. The van der Waals surface area contributed by atoms with Gasteiger partial charge in [0.05, 0.1) is 23.2 Å². The number of thiophene rings is 1. The van der Waals surface area contributed by atoms with Gasteiger partial charge in [-0.25, -0.2) is 0 Å². The van der Waals surface area contributed by atoms with Gasteiger partial charge >= 0.3 is 0 Å². The Kier molecular flexibility index (Phi) is 5.44. The topological polar surface area (TPSA) is 70.1 Å². The largest absolute Gasteiger partial charge is 0.384 e. The van der Waals surface area contributed by atoms with Crippen LogP contribution in [0.5, 0.6) is 0 Å². The molecule has 2 N–H and O–H groups in total. The van der Waals surface area contributed by atoms with Gasteiger partial charge in [-0.3, -0.25) is 9.69 Å². The Morgan fingerprint density at radius 1 is 1.24 bits per heavy atom. The second-order valence-corrected chi connectivity index (χ2v) is 9.17. The predicted octanol–water partition coefficient (Wildman–Crippen LogP) is 5.92. The number of halogens is 2. The van der Waals surface area contributed by atoms with Crippen LogP contribution in [-0.2, 0) is 11.2 Å². The third-order valence-electron chi connectivity index (χ3n) is 5.33. The molecule has 1 aromatic carbocycles. The van der Waals surface area contributed by atoms with Crippen LogP contribution >= 0.6 is 34.5 Å². The van der Waals surface area contributed by atoms with Gasteiger partial charge in [-0.2, -0.15) is 5.26 Å². The van der Waals surface area contributed by atoms with Gasteiger partial charge in [-0.15, -0.1) is 11.3 Å². The summed E-state index contributed by atoms with van der Waals surface area (Å²) in [6, 6.07) is 11.5. The molecule has 0 bridgehead atoms. The van der Waals surface area contributed by atoms with Crippen molar-refractivity contribution in [1.82, 2.24) is 0 Å². The number of aryl methyl sites for hydroxylation is 1. The van der Waals surface area contributed by atoms with Gasteiger partial charge in [0.25, 0.3) is 0 Å². The maximum Gasteiger partial charge on any atom is 0.161 e. The number of Topliss-reactive ketones (excluding diaryl/α,β-unsaturated/α-hetero) is 1. The van der Waals surface area contributed by atoms with Crippen LogP contribution in [0.15, 0.2) is 53.0 Å². The maximum absolute atomic E-state index is 13.1. The summed E-state index contributed by atoms with van der Waals surface area (Å²) in [4.78, 5) is 17.0. The normalized spacial score (nSPS) is 19.4. The van der Waals surface area contributed by atoms with Crippen molar-refractivity contribution in [3.05, 3.63) is 72.8 Å². The molecule has 2 aliphatic rings. The minimum atomic E-state index is -0.418. The lowest BCUT2D eigenvalue weighted by Crippen LogP contribution is -2.38. The number of nitrogens with zero attached hydrogens (tertiary/aromatic N) is 2. The van der Waals surface area contributed by atoms with Gasteiger partial charge in [0, 0.05) is 37.5 Å². The smallest absolute Gasteiger partial charge is 0.161 e. The molecule has 7 heteroatoms. The molecule has 2 aromatic rings. The third kappa shape index (κ3) is 3.46. The Hall–Kier alpha value is -2.26. The summed E-state index contributed by atoms with van der Waals surface area (Å²) in [5.41, 5.74) is 9.10. The van der Waals surface area contributed by atoms with Crippen LogP contribution < -0.4 is 10.6 Å². The minimum absolute atomic E-state index is 0.0704. The highest BCUT2D eigenvalue weighted by Gasteiger charge is 2.40. The molecular weight excluding hydrogens is 425 g/mol. The van der Waals surface area contributed by atoms with Crippen LogP contribution in [-0.4, -0.2) is 5.78 Å². The lowest BCUT2D eigenvalue weighted by atomic mass is 9.78. The number of hydrogen-bond acceptors (Lipinski definition) is 5. The first-order valence-electron chi connectivity index (χ1n) is 9.45. The second-order valence-electron chi connectivity index (χ2n) is 7.10. The molecule has 1 aliphatic carbocycles. The second kappa shape index (κ2) is 7.87. The Labute approximate surface area is 183 Å². The lowest BCUT2D eigenvalue weighted by Gasteiger charge is -2.39. The summed E-state index contributed by atoms with van der Waals surface area (Å²) >= 11 is 14.1. The van der Waals surface area contributed by atoms with E-state index in [1.807, 2.05) is 6.07 Å². The van der Waals surface area contributed by atoms with Crippen molar-refractivity contribution in [2.75, 3.05) is 4.90 Å². The molecule has 0 radical (unpaired) electrons. The average molecular weight is 444 g/mol. The number of anilines is 1. The first-order chi connectivity index (χ1) is 13.9. The first kappa shape index (κ1) is 20.0. The van der Waals surface area contributed by atoms with Crippen LogP contribution in [0, 0.1) is 11.3 Å². The van der Waals surface area contributed by atoms with Crippen molar-refractivity contribution in [3.63, 3.8) is 0 Å². The molecule has 4 nitrogen and oxygen atoms in total. The molecule has 2 heterocycles. The van der Waals surface area contributed by atoms with Crippen molar-refractivity contribution < 1.29 is 4.79 Å². The predicted molar refractivity (Wildman–Crippen MR) is 118 cm³/mol. The molecule has 0 fully saturated rings. The summed E-state index contributed by atoms with van der Waals surface area (Å²) in [6.07, 6.45) is 2.83. The molecule has 0 unspecified atom stereocenters. The molecule has 0 spiro atoms. The molecular formula is C22H19Cl2N3OS. The summed E-state index contributed by atoms with van der Waals surface area (Å²) < 4.78 is 0. The highest BCUT2D eigenvalue weighted by molar-refractivity contribution is 7.12. The molecule has 1 aromatic heterocycles. The summed E-state index contributed by atoms with van der Waals surface area (Å²) in [7, 11) is 0. The van der Waals surface area contributed by atoms with E-state index in [2.05, 4.69) is 19.1 Å². The van der Waals surface area contributed by atoms with Gasteiger partial charge in [0.2, 0.25) is 0 Å². The third-order valence-corrected chi connectivity index (χ3v) is 7.07. The molecule has 4 rings (SSSR count). The molecule has 0 amide bonds. The van der Waals surface area contributed by atoms with Crippen molar-refractivity contribution in [2.24, 2.45) is 5.73 Å². The lowest BCUT2D eigenvalue weighted by molar-refractivity contribution is -0.116. The fourth-order valence-corrected chi connectivity index (χ4v) is 5.66. The number of benzene rings is 1. The van der Waals surface area contributed by atoms with Crippen LogP contribution in [0.25, 0.3) is 0 Å². The zero-order valence-electron chi connectivity index (χ0n) is 15.8. The van der Waals surface area contributed by atoms with Gasteiger partial charge < -0.3 is 5.73 Å². The van der Waals surface area contributed by atoms with E-state index >= 15 is 0 Å². The number of nitriles is 1. The van der Waals surface area contributed by atoms with Gasteiger partial charge in [0.1, 0.15) is 5.82 Å². The molecule has 0 saturated heterocycles. The van der Waals surface area contributed by atoms with Crippen LogP contribution in [0.2, 0.25) is 10.0 Å². The minimum Gasteiger partial charge on any atom is -0.384 e. The number of carbonyl (C=O) groups excluding carboxylic acids is 1. The SMILES string of the molecule is CCc1ccc([C@@H]2C(C#N)=C(N)N(c3cc(Cl)cc(Cl)c3)C3=C2C(=O)CCC3)s1. The molecule has 148 valence electrons. The monoisotopic (exact) mass is 443 g/mol. The average Bonchev–Trinajstić information content (AvgIpc) is 3.15. The molecule has 1 atom stereocenters. The van der Waals surface area contributed by atoms with Crippen LogP contribution in [0.1, 0.15) is 41.9 Å². The van der Waals surface area contributed by atoms with E-state index in [-0.39, 0.29) is 5.78 Å². The summed E-state index contributed by atoms with van der Waals surface area (Å²) in [6.45, 7) is 2.09. The number of hydrogen-bond donors (Lipinski definition) is 1. The number of rotatable bonds is 3. The highest BCUT2D eigenvalue weighted by atomic mass is 35.5. The van der Waals surface area contributed by atoms with E-state index < -0.39 is 5.92 Å². The van der Waals surface area contributed by atoms with E-state index in [0.29, 0.717) is 45.5 Å². The van der Waals surface area contributed by atoms with E-state index in [4.69, 9.17) is 28.9 Å². The van der Waals surface area contributed by atoms with Crippen LogP contribution in [0.4, 0.5) is 5.69 Å². The molecule has 29 heavy (non-hydrogen) atoms. The summed E-state index contributed by atoms with van der Waals surface area (Å²) in [5.74, 6) is -0.0178. The van der Waals surface area contributed by atoms with Crippen molar-refractivity contribution >= 4 is 46.0 Å². The fraction of sp³-hybridized carbons (Fsp3) is 0.273. The van der Waals surface area contributed by atoms with E-state index in [1.54, 1.807) is 34.4 Å². The number of nitrogens with two attached hydrogens (primary N) is 1. The number of carbonyl (C=O) groups is 1. The maximum atomic E-state index is 13.1. The standard InChI is InChI=1S/C22H19Cl2N3OS/c1-2-15-6-7-19(29-15)20-16(11-25)22(26)27(14-9-12(23)8-13(24)10-14)17-4-3-5-18(28)21(17)20/h6-10,20H,2-5,26H2,1H3/t20-/m0/s1. The molecule has 0 saturated carbocycles. The Morgan fingerprint density at radius 3 is 2.59 bits per heavy atom. The van der Waals surface area contributed by atoms with Crippen molar-refractivity contribution in [3.8, 4) is 6.07 Å². The first-order valence-corrected chi connectivity index (χ1v) is 11.0. The van der Waals surface area contributed by atoms with Crippen LogP contribution in [0.3, 0.4) is 0 Å². The highest BCUT2D eigenvalue weighted by Crippen LogP contribution is 2.48. The van der Waals surface area contributed by atoms with Gasteiger partial charge in [-0.1, -0.05) is 30.1 Å². The zero-order chi connectivity index (χ0) is 20.7. The fourth-order valence-electron chi connectivity index (χ4n) is 4.07. The number of allylic oxidation sites excluding steroid dienone is 3. The van der Waals surface area contributed by atoms with Gasteiger partial charge in [0.15, 0.2) is 5.78 Å². The Balaban J connectivity index is 1.96.